The quantitative estimate of drug-likeness (QED) is 0.0165. The second-order valence-electron chi connectivity index (χ2n) is 14.8. The van der Waals surface area contributed by atoms with Crippen LogP contribution >= 0.6 is 25.3 Å². The number of carbonyl (C=O) groups is 1. The highest BCUT2D eigenvalue weighted by Gasteiger charge is 2.44. The van der Waals surface area contributed by atoms with Crippen LogP contribution in [0.1, 0.15) is 118 Å². The highest BCUT2D eigenvalue weighted by Crippen LogP contribution is 2.25. The number of carboxylic acid groups (broad SMARTS) is 1. The summed E-state index contributed by atoms with van der Waals surface area (Å²) in [6.45, 7) is 4.50. The van der Waals surface area contributed by atoms with Crippen LogP contribution in [-0.2, 0) is 44.4 Å². The van der Waals surface area contributed by atoms with Gasteiger partial charge in [-0.25, -0.2) is 13.2 Å². The Labute approximate surface area is 401 Å². The molecule has 19 heteroatoms. The predicted molar refractivity (Wildman–Crippen MR) is 262 cm³/mol. The Morgan fingerprint density at radius 3 is 1.21 bits per heavy atom. The number of hydrogen-bond donors (Lipinski definition) is 4. The van der Waals surface area contributed by atoms with Gasteiger partial charge in [-0.1, -0.05) is 125 Å². The van der Waals surface area contributed by atoms with Gasteiger partial charge in [0.1, 0.15) is 0 Å². The molecule has 0 aliphatic carbocycles. The van der Waals surface area contributed by atoms with Crippen molar-refractivity contribution in [2.45, 2.75) is 115 Å². The molecule has 0 spiro atoms. The van der Waals surface area contributed by atoms with Crippen molar-refractivity contribution in [2.24, 2.45) is 0 Å². The molecule has 0 aromatic heterocycles. The molecule has 0 saturated carbocycles. The van der Waals surface area contributed by atoms with Crippen LogP contribution in [-0.4, -0.2) is 70.2 Å². The first-order chi connectivity index (χ1) is 31.0. The number of hydrogen-bond acceptors (Lipinski definition) is 8. The third-order valence-corrected chi connectivity index (χ3v) is 12.6. The third kappa shape index (κ3) is 25.1. The molecule has 8 nitrogen and oxygen atoms in total. The van der Waals surface area contributed by atoms with Gasteiger partial charge in [0, 0.05) is 18.4 Å². The summed E-state index contributed by atoms with van der Waals surface area (Å²) in [5.41, 5.74) is -1.74. The maximum atomic E-state index is 10.8. The SMILES string of the molecule is CCCCCCc1ccc(-c2ccc(C(=O)O)cc2)cc1.CCCCCCc1ccc(-c2ccc(C3=[S+]CCCC3)cc2)cc1.O=S(=O)(O)C(F)(F)F.O=S(=O)([O-])C(F)(F)F.SCCCS. The number of halogens is 6. The summed E-state index contributed by atoms with van der Waals surface area (Å²) >= 11 is 9.95. The summed E-state index contributed by atoms with van der Waals surface area (Å²) < 4.78 is 116. The molecule has 2 N–H and O–H groups in total. The molecule has 66 heavy (non-hydrogen) atoms. The Morgan fingerprint density at radius 2 is 0.939 bits per heavy atom. The van der Waals surface area contributed by atoms with Crippen LogP contribution in [0.3, 0.4) is 0 Å². The largest absolute Gasteiger partial charge is 0.741 e. The maximum Gasteiger partial charge on any atom is 0.522 e. The van der Waals surface area contributed by atoms with Crippen molar-refractivity contribution in [3.05, 3.63) is 119 Å². The Kier molecular flexibility index (Phi) is 29.0. The molecule has 0 radical (unpaired) electrons. The van der Waals surface area contributed by atoms with E-state index >= 15 is 0 Å². The lowest BCUT2D eigenvalue weighted by atomic mass is 9.99. The standard InChI is InChI=1S/C23H29S.C19H22O2.C3H8S2.2CHF3O3S/c1-2-3-4-5-8-19-10-12-20(13-11-19)21-14-16-22(17-15-21)23-9-6-7-18-24-23;1-2-3-4-5-6-15-7-9-16(10-8-15)17-11-13-18(14-12-17)19(20)21;4-2-1-3-5;2*2-1(3,4)8(5,6)7/h10-17H,2-9,18H2,1H3;7-14H,2-6H2,1H3,(H,20,21);4-5H,1-3H2;2*(H,5,6,7)/q+1;;;;/p-1. The summed E-state index contributed by atoms with van der Waals surface area (Å²) in [6, 6.07) is 34.0. The topological polar surface area (TPSA) is 149 Å². The molecule has 1 aliphatic rings. The first-order valence-electron chi connectivity index (χ1n) is 21.4. The molecular formula is C47H60F6O8S5. The van der Waals surface area contributed by atoms with Crippen molar-refractivity contribution in [1.82, 2.24) is 0 Å². The van der Waals surface area contributed by atoms with E-state index < -0.39 is 37.2 Å². The Balaban J connectivity index is 0.000000467. The van der Waals surface area contributed by atoms with E-state index in [-0.39, 0.29) is 0 Å². The minimum absolute atomic E-state index is 0.325. The summed E-state index contributed by atoms with van der Waals surface area (Å²) in [4.78, 5) is 12.4. The minimum Gasteiger partial charge on any atom is -0.741 e. The predicted octanol–water partition coefficient (Wildman–Crippen LogP) is 13.1. The lowest BCUT2D eigenvalue weighted by Gasteiger charge is -2.08. The molecular weight excluding hydrogens is 967 g/mol. The molecule has 1 aliphatic heterocycles. The average molecular weight is 1030 g/mol. The number of thiol groups is 2. The van der Waals surface area contributed by atoms with Crippen molar-refractivity contribution in [2.75, 3.05) is 17.3 Å². The number of aromatic carboxylic acids is 1. The van der Waals surface area contributed by atoms with Crippen molar-refractivity contribution in [3.63, 3.8) is 0 Å². The highest BCUT2D eigenvalue weighted by atomic mass is 32.2. The zero-order valence-electron chi connectivity index (χ0n) is 37.0. The van der Waals surface area contributed by atoms with Crippen molar-refractivity contribution in [3.8, 4) is 22.3 Å². The van der Waals surface area contributed by atoms with Gasteiger partial charge in [-0.3, -0.25) is 4.55 Å². The van der Waals surface area contributed by atoms with Gasteiger partial charge >= 0.3 is 27.1 Å². The van der Waals surface area contributed by atoms with E-state index in [1.165, 1.54) is 111 Å². The second kappa shape index (κ2) is 31.6. The third-order valence-electron chi connectivity index (χ3n) is 9.52. The summed E-state index contributed by atoms with van der Waals surface area (Å²) in [5, 5.41) is 8.90. The van der Waals surface area contributed by atoms with E-state index in [1.54, 1.807) is 17.0 Å². The zero-order valence-corrected chi connectivity index (χ0v) is 41.2. The molecule has 0 atom stereocenters. The molecule has 0 unspecified atom stereocenters. The van der Waals surface area contributed by atoms with Gasteiger partial charge in [0.2, 0.25) is 4.86 Å². The zero-order chi connectivity index (χ0) is 49.8. The number of rotatable bonds is 16. The van der Waals surface area contributed by atoms with Gasteiger partial charge < -0.3 is 9.66 Å². The van der Waals surface area contributed by atoms with Gasteiger partial charge in [-0.2, -0.15) is 60.0 Å². The van der Waals surface area contributed by atoms with E-state index in [4.69, 9.17) is 31.0 Å². The normalized spacial score (nSPS) is 12.6. The first-order valence-corrected chi connectivity index (χ1v) is 26.5. The van der Waals surface area contributed by atoms with Gasteiger partial charge in [0.15, 0.2) is 27.2 Å². The van der Waals surface area contributed by atoms with E-state index in [1.807, 2.05) is 23.5 Å². The molecule has 0 saturated heterocycles. The summed E-state index contributed by atoms with van der Waals surface area (Å²) in [7, 11) is -11.9. The van der Waals surface area contributed by atoms with Crippen LogP contribution in [0, 0.1) is 0 Å². The van der Waals surface area contributed by atoms with E-state index in [9.17, 15) is 31.1 Å². The molecule has 4 aromatic carbocycles. The van der Waals surface area contributed by atoms with Crippen LogP contribution in [0.15, 0.2) is 97.1 Å². The van der Waals surface area contributed by atoms with Crippen LogP contribution in [0.5, 0.6) is 0 Å². The maximum absolute atomic E-state index is 10.8. The molecule has 1 heterocycles. The first kappa shape index (κ1) is 60.6. The lowest BCUT2D eigenvalue weighted by molar-refractivity contribution is -0.0519. The fourth-order valence-electron chi connectivity index (χ4n) is 5.85. The van der Waals surface area contributed by atoms with Crippen LogP contribution < -0.4 is 0 Å². The minimum atomic E-state index is -6.09. The molecule has 5 rings (SSSR count). The smallest absolute Gasteiger partial charge is 0.522 e. The Hall–Kier alpha value is -3.46. The molecule has 0 amide bonds. The van der Waals surface area contributed by atoms with Crippen LogP contribution in [0.25, 0.3) is 22.3 Å². The summed E-state index contributed by atoms with van der Waals surface area (Å²) in [5.74, 6) is 2.33. The fraction of sp³-hybridized carbons (Fsp3) is 0.447. The van der Waals surface area contributed by atoms with Gasteiger partial charge in [-0.15, -0.1) is 0 Å². The van der Waals surface area contributed by atoms with Crippen molar-refractivity contribution in [1.29, 1.82) is 0 Å². The average Bonchev–Trinajstić information content (AvgIpc) is 3.27. The highest BCUT2D eigenvalue weighted by molar-refractivity contribution is 7.86. The number of alkyl halides is 6. The Morgan fingerprint density at radius 1 is 0.591 bits per heavy atom. The van der Waals surface area contributed by atoms with Crippen molar-refractivity contribution >= 4 is 67.7 Å². The molecule has 4 aromatic rings. The van der Waals surface area contributed by atoms with Crippen LogP contribution in [0.4, 0.5) is 26.3 Å². The molecule has 368 valence electrons. The second-order valence-corrected chi connectivity index (χ2v) is 19.7. The summed E-state index contributed by atoms with van der Waals surface area (Å²) in [6.07, 6.45) is 17.9. The number of aryl methyl sites for hydroxylation is 2. The van der Waals surface area contributed by atoms with Gasteiger partial charge in [0.25, 0.3) is 0 Å². The van der Waals surface area contributed by atoms with Gasteiger partial charge in [-0.05, 0) is 108 Å². The number of benzene rings is 4. The lowest BCUT2D eigenvalue weighted by Crippen LogP contribution is -2.21. The number of carboxylic acids is 1. The Bertz CT molecular complexity index is 2170. The van der Waals surface area contributed by atoms with E-state index in [0.29, 0.717) is 5.56 Å². The fourth-order valence-corrected chi connectivity index (χ4v) is 7.60. The molecule has 0 fully saturated rings. The van der Waals surface area contributed by atoms with Crippen molar-refractivity contribution < 1.29 is 62.2 Å². The van der Waals surface area contributed by atoms with E-state index in [0.717, 1.165) is 35.5 Å². The van der Waals surface area contributed by atoms with Gasteiger partial charge in [0.05, 0.1) is 5.56 Å². The van der Waals surface area contributed by atoms with Crippen LogP contribution in [0.2, 0.25) is 0 Å². The molecule has 0 bridgehead atoms. The van der Waals surface area contributed by atoms with E-state index in [2.05, 4.69) is 112 Å². The monoisotopic (exact) mass is 1030 g/mol. The number of unbranched alkanes of at least 4 members (excludes halogenated alkanes) is 6.